The van der Waals surface area contributed by atoms with Crippen LogP contribution < -0.4 is 0 Å². The topological polar surface area (TPSA) is 58.9 Å². The number of esters is 1. The lowest BCUT2D eigenvalue weighted by atomic mass is 9.99. The Balaban J connectivity index is 2.51. The highest BCUT2D eigenvalue weighted by Gasteiger charge is 2.15. The van der Waals surface area contributed by atoms with Crippen LogP contribution in [-0.2, 0) is 9.53 Å². The monoisotopic (exact) mass is 405 g/mol. The first kappa shape index (κ1) is 21.0. The van der Waals surface area contributed by atoms with Crippen LogP contribution >= 0.6 is 23.2 Å². The van der Waals surface area contributed by atoms with Crippen molar-refractivity contribution in [3.05, 3.63) is 74.9 Å². The Morgan fingerprint density at radius 2 is 1.85 bits per heavy atom. The van der Waals surface area contributed by atoms with E-state index in [0.717, 1.165) is 11.1 Å². The van der Waals surface area contributed by atoms with Gasteiger partial charge in [0.1, 0.15) is 5.75 Å². The van der Waals surface area contributed by atoms with Crippen molar-refractivity contribution in [1.82, 2.24) is 0 Å². The van der Waals surface area contributed by atoms with Crippen LogP contribution in [0.15, 0.2) is 53.2 Å². The van der Waals surface area contributed by atoms with Gasteiger partial charge in [0.15, 0.2) is 0 Å². The number of hydrogen-bond acceptors (Lipinski definition) is 4. The molecule has 0 saturated heterocycles. The molecule has 0 saturated carbocycles. The third-order valence-corrected chi connectivity index (χ3v) is 4.25. The highest BCUT2D eigenvalue weighted by atomic mass is 35.5. The molecule has 27 heavy (non-hydrogen) atoms. The molecule has 0 amide bonds. The summed E-state index contributed by atoms with van der Waals surface area (Å²) in [6, 6.07) is 10.5. The van der Waals surface area contributed by atoms with Crippen molar-refractivity contribution >= 4 is 34.9 Å². The molecule has 0 aliphatic rings. The van der Waals surface area contributed by atoms with Crippen molar-refractivity contribution in [3.63, 3.8) is 0 Å². The van der Waals surface area contributed by atoms with E-state index in [1.807, 2.05) is 12.1 Å². The molecule has 6 heteroatoms. The van der Waals surface area contributed by atoms with Crippen LogP contribution in [0.3, 0.4) is 0 Å². The van der Waals surface area contributed by atoms with E-state index >= 15 is 0 Å². The van der Waals surface area contributed by atoms with Gasteiger partial charge >= 0.3 is 5.97 Å². The normalized spacial score (nSPS) is 12.2. The van der Waals surface area contributed by atoms with E-state index < -0.39 is 0 Å². The number of aliphatic imine (C=N–C) groups is 1. The Morgan fingerprint density at radius 1 is 1.19 bits per heavy atom. The van der Waals surface area contributed by atoms with Gasteiger partial charge in [-0.1, -0.05) is 35.3 Å². The minimum Gasteiger partial charge on any atom is -0.507 e. The van der Waals surface area contributed by atoms with Gasteiger partial charge in [-0.2, -0.15) is 0 Å². The molecule has 0 atom stereocenters. The molecule has 142 valence electrons. The second kappa shape index (κ2) is 9.58. The Labute approximate surface area is 169 Å². The number of carbonyl (C=O) groups excluding carboxylic acids is 1. The fraction of sp³-hybridized carbons (Fsp3) is 0.238. The van der Waals surface area contributed by atoms with Gasteiger partial charge in [-0.3, -0.25) is 9.79 Å². The van der Waals surface area contributed by atoms with Crippen molar-refractivity contribution < 1.29 is 14.6 Å². The van der Waals surface area contributed by atoms with E-state index in [-0.39, 0.29) is 18.1 Å². The molecule has 0 radical (unpaired) electrons. The van der Waals surface area contributed by atoms with Crippen molar-refractivity contribution in [2.75, 3.05) is 6.61 Å². The zero-order chi connectivity index (χ0) is 20.0. The number of hydrogen-bond donors (Lipinski definition) is 1. The smallest absolute Gasteiger partial charge is 0.309 e. The molecule has 2 aromatic carbocycles. The minimum absolute atomic E-state index is 0.101. The summed E-state index contributed by atoms with van der Waals surface area (Å²) >= 11 is 12.2. The number of carbonyl (C=O) groups is 1. The molecule has 0 heterocycles. The Morgan fingerprint density at radius 3 is 2.48 bits per heavy atom. The zero-order valence-electron chi connectivity index (χ0n) is 15.4. The Hall–Kier alpha value is -2.30. The molecule has 0 aliphatic heterocycles. The van der Waals surface area contributed by atoms with Crippen LogP contribution in [0.1, 0.15) is 37.0 Å². The van der Waals surface area contributed by atoms with Gasteiger partial charge in [0.2, 0.25) is 0 Å². The van der Waals surface area contributed by atoms with E-state index in [1.165, 1.54) is 0 Å². The molecule has 1 N–H and O–H groups in total. The van der Waals surface area contributed by atoms with Crippen molar-refractivity contribution in [3.8, 4) is 5.75 Å². The third kappa shape index (κ3) is 5.84. The standard InChI is InChI=1S/C21H21Cl2NO3/c1-4-27-19(25)9-13(2)12-24-20(15-5-7-16(22)8-6-15)18-11-17(23)10-14(3)21(18)26/h5-8,10-12,26H,4,9H2,1-3H3/b13-12+,24-20+. The lowest BCUT2D eigenvalue weighted by Gasteiger charge is -2.12. The third-order valence-electron chi connectivity index (χ3n) is 3.78. The molecule has 0 aromatic heterocycles. The molecular weight excluding hydrogens is 385 g/mol. The quantitative estimate of drug-likeness (QED) is 0.494. The number of nitrogens with zero attached hydrogens (tertiary/aromatic N) is 1. The van der Waals surface area contributed by atoms with Gasteiger partial charge in [-0.25, -0.2) is 0 Å². The van der Waals surface area contributed by atoms with E-state index in [2.05, 4.69) is 4.99 Å². The van der Waals surface area contributed by atoms with Gasteiger partial charge in [-0.05, 0) is 56.2 Å². The molecule has 0 bridgehead atoms. The summed E-state index contributed by atoms with van der Waals surface area (Å²) in [5.74, 6) is -0.208. The molecule has 0 spiro atoms. The van der Waals surface area contributed by atoms with Crippen LogP contribution in [0.5, 0.6) is 5.75 Å². The molecule has 2 aromatic rings. The molecule has 0 unspecified atom stereocenters. The number of phenols is 1. The van der Waals surface area contributed by atoms with Crippen LogP contribution in [0, 0.1) is 6.92 Å². The number of ether oxygens (including phenoxy) is 1. The predicted octanol–water partition coefficient (Wildman–Crippen LogP) is 5.70. The SMILES string of the molecule is CCOC(=O)C/C(C)=C/N=C(\c1ccc(Cl)cc1)c1cc(Cl)cc(C)c1O. The maximum atomic E-state index is 11.6. The lowest BCUT2D eigenvalue weighted by Crippen LogP contribution is -2.05. The van der Waals surface area contributed by atoms with Gasteiger partial charge in [0.05, 0.1) is 18.7 Å². The highest BCUT2D eigenvalue weighted by molar-refractivity contribution is 6.32. The summed E-state index contributed by atoms with van der Waals surface area (Å²) in [6.07, 6.45) is 1.74. The number of aromatic hydroxyl groups is 1. The highest BCUT2D eigenvalue weighted by Crippen LogP contribution is 2.29. The fourth-order valence-corrected chi connectivity index (χ4v) is 2.88. The minimum atomic E-state index is -0.309. The number of halogens is 2. The maximum Gasteiger partial charge on any atom is 0.309 e. The maximum absolute atomic E-state index is 11.6. The summed E-state index contributed by atoms with van der Waals surface area (Å²) < 4.78 is 4.95. The number of aryl methyl sites for hydroxylation is 1. The summed E-state index contributed by atoms with van der Waals surface area (Å²) in [5.41, 5.74) is 3.17. The molecule has 2 rings (SSSR count). The molecule has 0 aliphatic carbocycles. The average molecular weight is 406 g/mol. The van der Waals surface area contributed by atoms with Crippen LogP contribution in [0.4, 0.5) is 0 Å². The first-order chi connectivity index (χ1) is 12.8. The van der Waals surface area contributed by atoms with Gasteiger partial charge in [0, 0.05) is 27.4 Å². The van der Waals surface area contributed by atoms with Crippen LogP contribution in [0.2, 0.25) is 10.0 Å². The van der Waals surface area contributed by atoms with Crippen molar-refractivity contribution in [1.29, 1.82) is 0 Å². The molecule has 0 fully saturated rings. The second-order valence-electron chi connectivity index (χ2n) is 6.06. The summed E-state index contributed by atoms with van der Waals surface area (Å²) in [6.45, 7) is 5.66. The van der Waals surface area contributed by atoms with Gasteiger partial charge < -0.3 is 9.84 Å². The van der Waals surface area contributed by atoms with Gasteiger partial charge in [0.25, 0.3) is 0 Å². The van der Waals surface area contributed by atoms with Crippen molar-refractivity contribution in [2.45, 2.75) is 27.2 Å². The zero-order valence-corrected chi connectivity index (χ0v) is 16.9. The van der Waals surface area contributed by atoms with Crippen LogP contribution in [0.25, 0.3) is 0 Å². The fourth-order valence-electron chi connectivity index (χ4n) is 2.48. The first-order valence-corrected chi connectivity index (χ1v) is 9.22. The largest absolute Gasteiger partial charge is 0.507 e. The first-order valence-electron chi connectivity index (χ1n) is 8.46. The number of phenolic OH excluding ortho intramolecular Hbond substituents is 1. The second-order valence-corrected chi connectivity index (χ2v) is 6.93. The summed E-state index contributed by atoms with van der Waals surface area (Å²) in [4.78, 5) is 16.2. The van der Waals surface area contributed by atoms with E-state index in [1.54, 1.807) is 51.2 Å². The summed E-state index contributed by atoms with van der Waals surface area (Å²) in [7, 11) is 0. The lowest BCUT2D eigenvalue weighted by molar-refractivity contribution is -0.142. The molecule has 4 nitrogen and oxygen atoms in total. The van der Waals surface area contributed by atoms with E-state index in [9.17, 15) is 9.90 Å². The Bertz CT molecular complexity index is 887. The predicted molar refractivity (Wildman–Crippen MR) is 110 cm³/mol. The van der Waals surface area contributed by atoms with Crippen molar-refractivity contribution in [2.24, 2.45) is 4.99 Å². The number of rotatable bonds is 6. The van der Waals surface area contributed by atoms with E-state index in [4.69, 9.17) is 27.9 Å². The number of benzene rings is 2. The molecular formula is C21H21Cl2NO3. The average Bonchev–Trinajstić information content (AvgIpc) is 2.60. The Kier molecular flexibility index (Phi) is 7.45. The van der Waals surface area contributed by atoms with Crippen LogP contribution in [-0.4, -0.2) is 23.4 Å². The summed E-state index contributed by atoms with van der Waals surface area (Å²) in [5, 5.41) is 11.6. The van der Waals surface area contributed by atoms with Gasteiger partial charge in [-0.15, -0.1) is 0 Å². The van der Waals surface area contributed by atoms with E-state index in [0.29, 0.717) is 33.5 Å².